The Balaban J connectivity index is 1.91. The molecule has 6 nitrogen and oxygen atoms in total. The van der Waals surface area contributed by atoms with Gasteiger partial charge in [0.2, 0.25) is 5.91 Å². The van der Waals surface area contributed by atoms with Crippen LogP contribution in [0.5, 0.6) is 0 Å². The van der Waals surface area contributed by atoms with Crippen LogP contribution in [-0.4, -0.2) is 17.7 Å². The standard InChI is InChI=1S/C13H14N4O2/c14-17-16-10-6-4-9(5-7-10)8-13(19)15-11-2-1-3-12(11)18/h4-7,11H,1-3,8H2,(H,15,19). The quantitative estimate of drug-likeness (QED) is 0.510. The number of hydrogen-bond donors (Lipinski definition) is 1. The molecule has 1 amide bonds. The molecule has 0 bridgehead atoms. The van der Waals surface area contributed by atoms with E-state index in [1.807, 2.05) is 0 Å². The van der Waals surface area contributed by atoms with Gasteiger partial charge in [0.05, 0.1) is 12.5 Å². The number of benzene rings is 1. The highest BCUT2D eigenvalue weighted by atomic mass is 16.2. The van der Waals surface area contributed by atoms with Crippen LogP contribution in [0.3, 0.4) is 0 Å². The van der Waals surface area contributed by atoms with Gasteiger partial charge in [-0.2, -0.15) is 0 Å². The minimum Gasteiger partial charge on any atom is -0.346 e. The largest absolute Gasteiger partial charge is 0.346 e. The molecule has 0 aliphatic heterocycles. The zero-order valence-electron chi connectivity index (χ0n) is 10.4. The van der Waals surface area contributed by atoms with E-state index in [4.69, 9.17) is 5.53 Å². The Kier molecular flexibility index (Phi) is 4.15. The second-order valence-electron chi connectivity index (χ2n) is 4.51. The Labute approximate surface area is 110 Å². The maximum absolute atomic E-state index is 11.8. The third-order valence-corrected chi connectivity index (χ3v) is 3.10. The van der Waals surface area contributed by atoms with Gasteiger partial charge in [0, 0.05) is 17.0 Å². The van der Waals surface area contributed by atoms with E-state index in [0.717, 1.165) is 18.4 Å². The molecule has 6 heteroatoms. The molecular weight excluding hydrogens is 244 g/mol. The fourth-order valence-corrected chi connectivity index (χ4v) is 2.13. The van der Waals surface area contributed by atoms with Crippen LogP contribution in [0.15, 0.2) is 29.4 Å². The van der Waals surface area contributed by atoms with Gasteiger partial charge >= 0.3 is 0 Å². The molecule has 1 aromatic carbocycles. The van der Waals surface area contributed by atoms with Crippen LogP contribution in [0.25, 0.3) is 10.4 Å². The molecule has 1 atom stereocenters. The fraction of sp³-hybridized carbons (Fsp3) is 0.385. The van der Waals surface area contributed by atoms with Crippen molar-refractivity contribution in [3.63, 3.8) is 0 Å². The van der Waals surface area contributed by atoms with Gasteiger partial charge in [-0.05, 0) is 23.9 Å². The summed E-state index contributed by atoms with van der Waals surface area (Å²) in [6.07, 6.45) is 2.37. The van der Waals surface area contributed by atoms with Crippen LogP contribution in [0.1, 0.15) is 24.8 Å². The van der Waals surface area contributed by atoms with Crippen molar-refractivity contribution in [2.45, 2.75) is 31.7 Å². The lowest BCUT2D eigenvalue weighted by molar-refractivity contribution is -0.126. The smallest absolute Gasteiger partial charge is 0.224 e. The van der Waals surface area contributed by atoms with E-state index < -0.39 is 0 Å². The molecule has 1 unspecified atom stereocenters. The molecule has 0 spiro atoms. The predicted octanol–water partition coefficient (Wildman–Crippen LogP) is 2.41. The van der Waals surface area contributed by atoms with Gasteiger partial charge in [0.25, 0.3) is 0 Å². The lowest BCUT2D eigenvalue weighted by Gasteiger charge is -2.10. The summed E-state index contributed by atoms with van der Waals surface area (Å²) in [6, 6.07) is 6.47. The lowest BCUT2D eigenvalue weighted by Crippen LogP contribution is -2.38. The minimum absolute atomic E-state index is 0.118. The number of nitrogens with zero attached hydrogens (tertiary/aromatic N) is 3. The minimum atomic E-state index is -0.310. The number of nitrogens with one attached hydrogen (secondary N) is 1. The Hall–Kier alpha value is -2.33. The molecule has 2 rings (SSSR count). The van der Waals surface area contributed by atoms with Crippen molar-refractivity contribution in [1.29, 1.82) is 0 Å². The predicted molar refractivity (Wildman–Crippen MR) is 69.7 cm³/mol. The highest BCUT2D eigenvalue weighted by molar-refractivity contribution is 5.91. The first-order valence-corrected chi connectivity index (χ1v) is 6.15. The van der Waals surface area contributed by atoms with Crippen LogP contribution in [0.4, 0.5) is 5.69 Å². The normalized spacial score (nSPS) is 17.9. The highest BCUT2D eigenvalue weighted by Crippen LogP contribution is 2.15. The van der Waals surface area contributed by atoms with Gasteiger partial charge in [0.1, 0.15) is 0 Å². The Bertz CT molecular complexity index is 532. The van der Waals surface area contributed by atoms with E-state index in [-0.39, 0.29) is 24.2 Å². The molecular formula is C13H14N4O2. The molecule has 1 aliphatic carbocycles. The summed E-state index contributed by atoms with van der Waals surface area (Å²) in [7, 11) is 0. The number of azide groups is 1. The molecule has 1 aliphatic rings. The Morgan fingerprint density at radius 2 is 2.16 bits per heavy atom. The number of Topliss-reactive ketones (excluding diaryl/α,β-unsaturated/α-hetero) is 1. The van der Waals surface area contributed by atoms with Crippen LogP contribution in [0, 0.1) is 0 Å². The first kappa shape index (κ1) is 13.1. The summed E-state index contributed by atoms with van der Waals surface area (Å²) in [5, 5.41) is 6.20. The molecule has 0 aromatic heterocycles. The molecule has 1 fully saturated rings. The van der Waals surface area contributed by atoms with Crippen molar-refractivity contribution in [2.75, 3.05) is 0 Å². The molecule has 0 radical (unpaired) electrons. The van der Waals surface area contributed by atoms with Crippen molar-refractivity contribution >= 4 is 17.4 Å². The van der Waals surface area contributed by atoms with Crippen LogP contribution >= 0.6 is 0 Å². The van der Waals surface area contributed by atoms with Crippen LogP contribution in [0.2, 0.25) is 0 Å². The number of carbonyl (C=O) groups excluding carboxylic acids is 2. The number of ketones is 1. The van der Waals surface area contributed by atoms with Gasteiger partial charge in [-0.25, -0.2) is 0 Å². The topological polar surface area (TPSA) is 94.9 Å². The Morgan fingerprint density at radius 1 is 1.42 bits per heavy atom. The monoisotopic (exact) mass is 258 g/mol. The zero-order valence-corrected chi connectivity index (χ0v) is 10.4. The third-order valence-electron chi connectivity index (χ3n) is 3.10. The van der Waals surface area contributed by atoms with Gasteiger partial charge in [-0.15, -0.1) is 0 Å². The molecule has 1 aromatic rings. The van der Waals surface area contributed by atoms with Crippen molar-refractivity contribution in [3.05, 3.63) is 40.3 Å². The number of carbonyl (C=O) groups is 2. The SMILES string of the molecule is [N-]=[N+]=Nc1ccc(CC(=O)NC2CCCC2=O)cc1. The fourth-order valence-electron chi connectivity index (χ4n) is 2.13. The average molecular weight is 258 g/mol. The maximum atomic E-state index is 11.8. The van der Waals surface area contributed by atoms with Crippen molar-refractivity contribution in [2.24, 2.45) is 5.11 Å². The molecule has 1 saturated carbocycles. The molecule has 0 heterocycles. The second-order valence-corrected chi connectivity index (χ2v) is 4.51. The molecule has 98 valence electrons. The van der Waals surface area contributed by atoms with Crippen LogP contribution < -0.4 is 5.32 Å². The zero-order chi connectivity index (χ0) is 13.7. The number of amides is 1. The van der Waals surface area contributed by atoms with E-state index in [2.05, 4.69) is 15.3 Å². The Morgan fingerprint density at radius 3 is 2.74 bits per heavy atom. The summed E-state index contributed by atoms with van der Waals surface area (Å²) >= 11 is 0. The van der Waals surface area contributed by atoms with Crippen molar-refractivity contribution in [1.82, 2.24) is 5.32 Å². The van der Waals surface area contributed by atoms with Gasteiger partial charge in [0.15, 0.2) is 5.78 Å². The van der Waals surface area contributed by atoms with Gasteiger partial charge < -0.3 is 5.32 Å². The van der Waals surface area contributed by atoms with Gasteiger partial charge in [-0.3, -0.25) is 9.59 Å². The summed E-state index contributed by atoms with van der Waals surface area (Å²) in [6.45, 7) is 0. The average Bonchev–Trinajstić information content (AvgIpc) is 2.78. The van der Waals surface area contributed by atoms with E-state index in [9.17, 15) is 9.59 Å². The summed E-state index contributed by atoms with van der Waals surface area (Å²) in [5.41, 5.74) is 9.61. The third kappa shape index (κ3) is 3.56. The van der Waals surface area contributed by atoms with E-state index in [1.54, 1.807) is 24.3 Å². The summed E-state index contributed by atoms with van der Waals surface area (Å²) < 4.78 is 0. The molecule has 1 N–H and O–H groups in total. The van der Waals surface area contributed by atoms with E-state index >= 15 is 0 Å². The number of rotatable bonds is 4. The maximum Gasteiger partial charge on any atom is 0.224 e. The van der Waals surface area contributed by atoms with E-state index in [1.165, 1.54) is 0 Å². The second kappa shape index (κ2) is 6.02. The van der Waals surface area contributed by atoms with E-state index in [0.29, 0.717) is 12.1 Å². The van der Waals surface area contributed by atoms with Gasteiger partial charge in [-0.1, -0.05) is 29.4 Å². The summed E-state index contributed by atoms with van der Waals surface area (Å²) in [4.78, 5) is 25.9. The first-order valence-electron chi connectivity index (χ1n) is 6.15. The van der Waals surface area contributed by atoms with Crippen LogP contribution in [-0.2, 0) is 16.0 Å². The molecule has 0 saturated heterocycles. The summed E-state index contributed by atoms with van der Waals surface area (Å²) in [5.74, 6) is -0.0381. The highest BCUT2D eigenvalue weighted by Gasteiger charge is 2.25. The first-order chi connectivity index (χ1) is 9.19. The van der Waals surface area contributed by atoms with Crippen molar-refractivity contribution in [3.8, 4) is 0 Å². The lowest BCUT2D eigenvalue weighted by atomic mass is 10.1. The van der Waals surface area contributed by atoms with Crippen molar-refractivity contribution < 1.29 is 9.59 Å². The number of hydrogen-bond acceptors (Lipinski definition) is 3. The molecule has 19 heavy (non-hydrogen) atoms.